The maximum absolute atomic E-state index is 11.6. The molecule has 0 radical (unpaired) electrons. The van der Waals surface area contributed by atoms with Crippen molar-refractivity contribution in [2.24, 2.45) is 0 Å². The lowest BCUT2D eigenvalue weighted by atomic mass is 10.1. The van der Waals surface area contributed by atoms with Crippen molar-refractivity contribution < 1.29 is 14.4 Å². The van der Waals surface area contributed by atoms with Gasteiger partial charge in [-0.3, -0.25) is 19.3 Å². The monoisotopic (exact) mass is 224 g/mol. The molecule has 15 heavy (non-hydrogen) atoms. The minimum absolute atomic E-state index is 0.320. The van der Waals surface area contributed by atoms with E-state index in [1.165, 1.54) is 0 Å². The summed E-state index contributed by atoms with van der Waals surface area (Å²) in [6.45, 7) is -0.381. The predicted molar refractivity (Wildman–Crippen MR) is 52.7 cm³/mol. The molecule has 2 amide bonds. The molecule has 5 heteroatoms. The van der Waals surface area contributed by atoms with Crippen LogP contribution in [0.1, 0.15) is 20.7 Å². The third kappa shape index (κ3) is 1.53. The number of benzene rings is 1. The predicted octanol–water partition coefficient (Wildman–Crippen LogP) is 1.05. The van der Waals surface area contributed by atoms with Crippen LogP contribution in [0.5, 0.6) is 0 Å². The molecule has 76 valence electrons. The molecule has 0 bridgehead atoms. The molecule has 1 aromatic carbocycles. The summed E-state index contributed by atoms with van der Waals surface area (Å²) in [5, 5.41) is -0.732. The fourth-order valence-corrected chi connectivity index (χ4v) is 1.63. The van der Waals surface area contributed by atoms with Crippen LogP contribution in [0.2, 0.25) is 0 Å². The topological polar surface area (TPSA) is 54.5 Å². The van der Waals surface area contributed by atoms with Gasteiger partial charge in [0, 0.05) is 0 Å². The number of rotatable bonds is 2. The van der Waals surface area contributed by atoms with Crippen LogP contribution in [0, 0.1) is 0 Å². The van der Waals surface area contributed by atoms with E-state index in [1.807, 2.05) is 0 Å². The summed E-state index contributed by atoms with van der Waals surface area (Å²) in [7, 11) is 0. The number of fused-ring (bicyclic) bond motifs is 1. The Kier molecular flexibility index (Phi) is 2.28. The van der Waals surface area contributed by atoms with Gasteiger partial charge in [-0.2, -0.15) is 0 Å². The highest BCUT2D eigenvalue weighted by Gasteiger charge is 2.35. The first-order chi connectivity index (χ1) is 7.11. The molecule has 1 aromatic rings. The molecule has 1 heterocycles. The standard InChI is InChI=1S/C10H6ClNO3/c11-8(13)5-12-9(14)6-3-1-2-4-7(6)10(12)15/h1-4H,5H2/i8+1. The summed E-state index contributed by atoms with van der Waals surface area (Å²) in [6.07, 6.45) is 0. The minimum Gasteiger partial charge on any atom is -0.279 e. The van der Waals surface area contributed by atoms with Crippen LogP contribution in [0.25, 0.3) is 0 Å². The molecule has 0 spiro atoms. The van der Waals surface area contributed by atoms with Crippen molar-refractivity contribution >= 4 is 28.7 Å². The van der Waals surface area contributed by atoms with Gasteiger partial charge in [0.05, 0.1) is 11.1 Å². The Labute approximate surface area is 90.4 Å². The fraction of sp³-hybridized carbons (Fsp3) is 0.100. The van der Waals surface area contributed by atoms with Crippen LogP contribution in [-0.2, 0) is 4.79 Å². The normalized spacial score (nSPS) is 14.3. The molecule has 1 aliphatic rings. The van der Waals surface area contributed by atoms with E-state index in [1.54, 1.807) is 24.3 Å². The van der Waals surface area contributed by atoms with Gasteiger partial charge >= 0.3 is 0 Å². The number of carbonyl (C=O) groups is 3. The van der Waals surface area contributed by atoms with E-state index < -0.39 is 17.1 Å². The molecule has 0 aromatic heterocycles. The highest BCUT2D eigenvalue weighted by Crippen LogP contribution is 2.22. The summed E-state index contributed by atoms with van der Waals surface area (Å²) in [4.78, 5) is 34.8. The molecular formula is C10H6ClNO3. The second kappa shape index (κ2) is 3.47. The maximum atomic E-state index is 11.6. The first-order valence-electron chi connectivity index (χ1n) is 4.25. The van der Waals surface area contributed by atoms with Crippen molar-refractivity contribution in [1.29, 1.82) is 0 Å². The first-order valence-corrected chi connectivity index (χ1v) is 4.62. The second-order valence-electron chi connectivity index (χ2n) is 3.10. The number of carbonyl (C=O) groups excluding carboxylic acids is 3. The fourth-order valence-electron chi connectivity index (χ4n) is 1.51. The van der Waals surface area contributed by atoms with Gasteiger partial charge in [0.15, 0.2) is 0 Å². The zero-order valence-corrected chi connectivity index (χ0v) is 8.32. The molecule has 4 nitrogen and oxygen atoms in total. The quantitative estimate of drug-likeness (QED) is 0.429. The molecule has 0 fully saturated rings. The van der Waals surface area contributed by atoms with Gasteiger partial charge in [0.1, 0.15) is 6.54 Å². The number of hydrogen-bond donors (Lipinski definition) is 0. The van der Waals surface area contributed by atoms with Gasteiger partial charge < -0.3 is 0 Å². The Balaban J connectivity index is 2.41. The van der Waals surface area contributed by atoms with E-state index in [4.69, 9.17) is 11.6 Å². The molecule has 0 saturated heterocycles. The Bertz CT molecular complexity index is 434. The van der Waals surface area contributed by atoms with Gasteiger partial charge in [-0.15, -0.1) is 0 Å². The van der Waals surface area contributed by atoms with E-state index in [-0.39, 0.29) is 6.54 Å². The molecule has 2 rings (SSSR count). The molecule has 1 aliphatic heterocycles. The Morgan fingerprint density at radius 1 is 1.13 bits per heavy atom. The van der Waals surface area contributed by atoms with Crippen molar-refractivity contribution in [1.82, 2.24) is 4.90 Å². The molecule has 0 unspecified atom stereocenters. The summed E-state index contributed by atoms with van der Waals surface area (Å²) >= 11 is 5.15. The smallest absolute Gasteiger partial charge is 0.262 e. The van der Waals surface area contributed by atoms with Crippen LogP contribution >= 0.6 is 11.6 Å². The van der Waals surface area contributed by atoms with Crippen molar-refractivity contribution in [2.45, 2.75) is 0 Å². The van der Waals surface area contributed by atoms with Crippen LogP contribution < -0.4 is 0 Å². The lowest BCUT2D eigenvalue weighted by Crippen LogP contribution is -2.33. The SMILES string of the molecule is O=C1c2ccccc2C(=O)N1C[13C](=O)Cl. The molecule has 0 saturated carbocycles. The van der Waals surface area contributed by atoms with Crippen molar-refractivity contribution in [2.75, 3.05) is 6.54 Å². The van der Waals surface area contributed by atoms with Gasteiger partial charge in [-0.05, 0) is 23.7 Å². The number of imide groups is 1. The summed E-state index contributed by atoms with van der Waals surface area (Å²) in [6, 6.07) is 6.43. The molecular weight excluding hydrogens is 219 g/mol. The van der Waals surface area contributed by atoms with E-state index in [9.17, 15) is 14.4 Å². The van der Waals surface area contributed by atoms with E-state index in [0.29, 0.717) is 11.1 Å². The number of nitrogens with zero attached hydrogens (tertiary/aromatic N) is 1. The van der Waals surface area contributed by atoms with E-state index in [2.05, 4.69) is 0 Å². The largest absolute Gasteiger partial charge is 0.279 e. The van der Waals surface area contributed by atoms with Crippen LogP contribution in [0.3, 0.4) is 0 Å². The third-order valence-electron chi connectivity index (χ3n) is 2.16. The number of hydrogen-bond acceptors (Lipinski definition) is 3. The van der Waals surface area contributed by atoms with Gasteiger partial charge in [-0.25, -0.2) is 0 Å². The third-order valence-corrected chi connectivity index (χ3v) is 2.28. The van der Waals surface area contributed by atoms with E-state index in [0.717, 1.165) is 4.90 Å². The second-order valence-corrected chi connectivity index (χ2v) is 3.52. The average Bonchev–Trinajstić information content (AvgIpc) is 2.44. The van der Waals surface area contributed by atoms with Gasteiger partial charge in [-0.1, -0.05) is 12.1 Å². The minimum atomic E-state index is -0.732. The molecule has 0 N–H and O–H groups in total. The number of amides is 2. The average molecular weight is 225 g/mol. The summed E-state index contributed by atoms with van der Waals surface area (Å²) in [5.74, 6) is -0.936. The van der Waals surface area contributed by atoms with Crippen LogP contribution in [0.4, 0.5) is 0 Å². The first kappa shape index (κ1) is 9.86. The number of halogens is 1. The Hall–Kier alpha value is -1.68. The lowest BCUT2D eigenvalue weighted by Gasteiger charge is -2.09. The van der Waals surface area contributed by atoms with Gasteiger partial charge in [0.2, 0.25) is 5.24 Å². The highest BCUT2D eigenvalue weighted by molar-refractivity contribution is 6.64. The van der Waals surface area contributed by atoms with Crippen molar-refractivity contribution in [3.63, 3.8) is 0 Å². The lowest BCUT2D eigenvalue weighted by molar-refractivity contribution is -0.112. The Morgan fingerprint density at radius 2 is 1.60 bits per heavy atom. The summed E-state index contributed by atoms with van der Waals surface area (Å²) in [5.41, 5.74) is 0.640. The Morgan fingerprint density at radius 3 is 2.00 bits per heavy atom. The van der Waals surface area contributed by atoms with Crippen molar-refractivity contribution in [3.8, 4) is 0 Å². The van der Waals surface area contributed by atoms with Crippen LogP contribution in [-0.4, -0.2) is 28.5 Å². The maximum Gasteiger partial charge on any atom is 0.262 e. The van der Waals surface area contributed by atoms with Gasteiger partial charge in [0.25, 0.3) is 11.8 Å². The van der Waals surface area contributed by atoms with E-state index >= 15 is 0 Å². The van der Waals surface area contributed by atoms with Crippen LogP contribution in [0.15, 0.2) is 24.3 Å². The van der Waals surface area contributed by atoms with Crippen molar-refractivity contribution in [3.05, 3.63) is 35.4 Å². The zero-order valence-electron chi connectivity index (χ0n) is 7.57. The molecule has 0 atom stereocenters. The highest BCUT2D eigenvalue weighted by atomic mass is 35.5. The summed E-state index contributed by atoms with van der Waals surface area (Å²) < 4.78 is 0. The zero-order chi connectivity index (χ0) is 11.0. The molecule has 0 aliphatic carbocycles.